The monoisotopic (exact) mass is 261 g/mol. The predicted molar refractivity (Wildman–Crippen MR) is 67.3 cm³/mol. The molecule has 1 aromatic rings. The Hall–Kier alpha value is -1.39. The van der Waals surface area contributed by atoms with E-state index in [0.29, 0.717) is 0 Å². The molecule has 0 saturated heterocycles. The van der Waals surface area contributed by atoms with Crippen molar-refractivity contribution in [2.24, 2.45) is 23.2 Å². The van der Waals surface area contributed by atoms with Gasteiger partial charge < -0.3 is 9.67 Å². The molecule has 0 spiro atoms. The summed E-state index contributed by atoms with van der Waals surface area (Å²) in [7, 11) is 0. The second-order valence-corrected chi connectivity index (χ2v) is 6.93. The van der Waals surface area contributed by atoms with Crippen molar-refractivity contribution in [3.8, 4) is 0 Å². The summed E-state index contributed by atoms with van der Waals surface area (Å²) >= 11 is 0. The van der Waals surface area contributed by atoms with Crippen molar-refractivity contribution in [2.45, 2.75) is 44.6 Å². The fourth-order valence-corrected chi connectivity index (χ4v) is 5.56. The van der Waals surface area contributed by atoms with E-state index in [1.54, 1.807) is 17.2 Å². The number of hydrogen-bond acceptors (Lipinski definition) is 3. The minimum Gasteiger partial charge on any atom is -0.480 e. The average molecular weight is 261 g/mol. The van der Waals surface area contributed by atoms with Crippen LogP contribution in [0.4, 0.5) is 0 Å². The maximum absolute atomic E-state index is 11.8. The van der Waals surface area contributed by atoms with E-state index in [0.717, 1.165) is 37.0 Å². The molecule has 5 nitrogen and oxygen atoms in total. The Kier molecular flexibility index (Phi) is 2.29. The molecule has 1 N–H and O–H groups in total. The molecule has 5 heteroatoms. The highest BCUT2D eigenvalue weighted by atomic mass is 16.4. The van der Waals surface area contributed by atoms with Gasteiger partial charge in [-0.25, -0.2) is 4.79 Å². The molecule has 4 fully saturated rings. The molecule has 5 rings (SSSR count). The Balaban J connectivity index is 1.75. The number of carbonyl (C=O) groups is 1. The molecule has 1 aromatic heterocycles. The van der Waals surface area contributed by atoms with Crippen LogP contribution in [0, 0.1) is 23.2 Å². The molecule has 0 radical (unpaired) electrons. The first-order chi connectivity index (χ1) is 9.16. The van der Waals surface area contributed by atoms with Crippen molar-refractivity contribution in [3.05, 3.63) is 12.7 Å². The topological polar surface area (TPSA) is 68.0 Å². The van der Waals surface area contributed by atoms with E-state index < -0.39 is 12.0 Å². The molecule has 19 heavy (non-hydrogen) atoms. The molecule has 1 atom stereocenters. The largest absolute Gasteiger partial charge is 0.480 e. The minimum absolute atomic E-state index is 0.0526. The zero-order valence-electron chi connectivity index (χ0n) is 10.9. The van der Waals surface area contributed by atoms with Gasteiger partial charge in [0.2, 0.25) is 0 Å². The summed E-state index contributed by atoms with van der Waals surface area (Å²) in [4.78, 5) is 11.8. The molecular weight excluding hydrogens is 242 g/mol. The highest BCUT2D eigenvalue weighted by Gasteiger charge is 2.56. The Morgan fingerprint density at radius 2 is 1.58 bits per heavy atom. The van der Waals surface area contributed by atoms with Crippen molar-refractivity contribution in [1.82, 2.24) is 14.8 Å². The van der Waals surface area contributed by atoms with Crippen LogP contribution in [0.3, 0.4) is 0 Å². The van der Waals surface area contributed by atoms with Crippen LogP contribution in [-0.4, -0.2) is 25.8 Å². The van der Waals surface area contributed by atoms with E-state index in [2.05, 4.69) is 10.2 Å². The number of rotatable bonds is 3. The van der Waals surface area contributed by atoms with Crippen LogP contribution in [0.15, 0.2) is 12.7 Å². The lowest BCUT2D eigenvalue weighted by Gasteiger charge is -2.58. The molecule has 4 saturated carbocycles. The first-order valence-electron chi connectivity index (χ1n) is 7.23. The van der Waals surface area contributed by atoms with Gasteiger partial charge in [-0.15, -0.1) is 10.2 Å². The van der Waals surface area contributed by atoms with Gasteiger partial charge in [-0.3, -0.25) is 0 Å². The van der Waals surface area contributed by atoms with E-state index in [1.807, 2.05) is 0 Å². The second kappa shape index (κ2) is 3.81. The number of carboxylic acid groups (broad SMARTS) is 1. The summed E-state index contributed by atoms with van der Waals surface area (Å²) in [6, 6.07) is -0.476. The van der Waals surface area contributed by atoms with Crippen molar-refractivity contribution in [2.75, 3.05) is 0 Å². The third-order valence-corrected chi connectivity index (χ3v) is 5.63. The average Bonchev–Trinajstić information content (AvgIpc) is 2.79. The summed E-state index contributed by atoms with van der Waals surface area (Å²) in [6.07, 6.45) is 10.3. The summed E-state index contributed by atoms with van der Waals surface area (Å²) in [5.74, 6) is 1.54. The maximum atomic E-state index is 11.8. The Bertz CT molecular complexity index is 462. The number of carboxylic acids is 1. The van der Waals surface area contributed by atoms with Crippen molar-refractivity contribution in [1.29, 1.82) is 0 Å². The summed E-state index contributed by atoms with van der Waals surface area (Å²) in [5, 5.41) is 17.3. The van der Waals surface area contributed by atoms with Gasteiger partial charge in [0.1, 0.15) is 18.7 Å². The standard InChI is InChI=1S/C14H19N3O2/c18-13(19)12(17-7-15-16-8-17)14-4-9-1-10(5-14)3-11(2-9)6-14/h7-12H,1-6H2,(H,18,19). The molecule has 4 aliphatic rings. The van der Waals surface area contributed by atoms with Crippen LogP contribution in [0.5, 0.6) is 0 Å². The van der Waals surface area contributed by atoms with E-state index in [1.165, 1.54) is 19.3 Å². The van der Waals surface area contributed by atoms with Crippen molar-refractivity contribution < 1.29 is 9.90 Å². The lowest BCUT2D eigenvalue weighted by Crippen LogP contribution is -2.51. The van der Waals surface area contributed by atoms with Gasteiger partial charge in [0.25, 0.3) is 0 Å². The van der Waals surface area contributed by atoms with E-state index in [9.17, 15) is 9.90 Å². The fraction of sp³-hybridized carbons (Fsp3) is 0.786. The fourth-order valence-electron chi connectivity index (χ4n) is 5.56. The zero-order chi connectivity index (χ0) is 13.0. The molecule has 0 aromatic carbocycles. The first kappa shape index (κ1) is 11.4. The first-order valence-corrected chi connectivity index (χ1v) is 7.23. The maximum Gasteiger partial charge on any atom is 0.327 e. The van der Waals surface area contributed by atoms with Gasteiger partial charge in [0.15, 0.2) is 0 Å². The highest BCUT2D eigenvalue weighted by Crippen LogP contribution is 2.63. The van der Waals surface area contributed by atoms with Gasteiger partial charge in [-0.05, 0) is 56.3 Å². The quantitative estimate of drug-likeness (QED) is 0.905. The van der Waals surface area contributed by atoms with Gasteiger partial charge >= 0.3 is 5.97 Å². The Labute approximate surface area is 112 Å². The highest BCUT2D eigenvalue weighted by molar-refractivity contribution is 5.73. The molecule has 0 aliphatic heterocycles. The van der Waals surface area contributed by atoms with E-state index >= 15 is 0 Å². The van der Waals surface area contributed by atoms with Crippen LogP contribution >= 0.6 is 0 Å². The van der Waals surface area contributed by atoms with Crippen LogP contribution < -0.4 is 0 Å². The second-order valence-electron chi connectivity index (χ2n) is 6.93. The van der Waals surface area contributed by atoms with Gasteiger partial charge in [0, 0.05) is 5.41 Å². The summed E-state index contributed by atoms with van der Waals surface area (Å²) in [6.45, 7) is 0. The normalized spacial score (nSPS) is 41.4. The van der Waals surface area contributed by atoms with Crippen molar-refractivity contribution >= 4 is 5.97 Å². The van der Waals surface area contributed by atoms with Crippen LogP contribution in [0.25, 0.3) is 0 Å². The minimum atomic E-state index is -0.721. The van der Waals surface area contributed by atoms with Crippen LogP contribution in [-0.2, 0) is 4.79 Å². The molecule has 0 amide bonds. The predicted octanol–water partition coefficient (Wildman–Crippen LogP) is 2.12. The third-order valence-electron chi connectivity index (χ3n) is 5.63. The molecule has 1 heterocycles. The molecular formula is C14H19N3O2. The van der Waals surface area contributed by atoms with Crippen molar-refractivity contribution in [3.63, 3.8) is 0 Å². The lowest BCUT2D eigenvalue weighted by molar-refractivity contribution is -0.155. The number of aromatic nitrogens is 3. The molecule has 1 unspecified atom stereocenters. The van der Waals surface area contributed by atoms with Gasteiger partial charge in [-0.2, -0.15) is 0 Å². The number of hydrogen-bond donors (Lipinski definition) is 1. The lowest BCUT2D eigenvalue weighted by atomic mass is 9.47. The molecule has 4 bridgehead atoms. The van der Waals surface area contributed by atoms with Gasteiger partial charge in [-0.1, -0.05) is 0 Å². The number of aliphatic carboxylic acids is 1. The number of nitrogens with zero attached hydrogens (tertiary/aromatic N) is 3. The Morgan fingerprint density at radius 3 is 2.00 bits per heavy atom. The summed E-state index contributed by atoms with van der Waals surface area (Å²) in [5.41, 5.74) is -0.0526. The van der Waals surface area contributed by atoms with E-state index in [4.69, 9.17) is 0 Å². The SMILES string of the molecule is O=C(O)C(n1cnnc1)C12CC3CC(CC(C3)C1)C2. The van der Waals surface area contributed by atoms with Crippen LogP contribution in [0.1, 0.15) is 44.6 Å². The summed E-state index contributed by atoms with van der Waals surface area (Å²) < 4.78 is 1.72. The third kappa shape index (κ3) is 1.63. The van der Waals surface area contributed by atoms with E-state index in [-0.39, 0.29) is 5.41 Å². The smallest absolute Gasteiger partial charge is 0.327 e. The molecule has 4 aliphatic carbocycles. The van der Waals surface area contributed by atoms with Gasteiger partial charge in [0.05, 0.1) is 0 Å². The molecule has 102 valence electrons. The van der Waals surface area contributed by atoms with Crippen LogP contribution in [0.2, 0.25) is 0 Å². The Morgan fingerprint density at radius 1 is 1.11 bits per heavy atom. The zero-order valence-corrected chi connectivity index (χ0v) is 10.9.